The fourth-order valence-corrected chi connectivity index (χ4v) is 6.90. The van der Waals surface area contributed by atoms with E-state index in [9.17, 15) is 15.3 Å². The molecular weight excluding hydrogens is 348 g/mol. The molecule has 2 aromatic rings. The molecule has 3 aliphatic rings. The van der Waals surface area contributed by atoms with E-state index in [-0.39, 0.29) is 10.8 Å². The number of benzene rings is 2. The van der Waals surface area contributed by atoms with E-state index >= 15 is 0 Å². The van der Waals surface area contributed by atoms with Crippen LogP contribution in [-0.4, -0.2) is 20.9 Å². The lowest BCUT2D eigenvalue weighted by Crippen LogP contribution is -2.62. The molecule has 3 nitrogen and oxygen atoms in total. The van der Waals surface area contributed by atoms with Crippen LogP contribution in [0.25, 0.3) is 0 Å². The molecule has 0 heterocycles. The van der Waals surface area contributed by atoms with E-state index in [0.717, 1.165) is 18.4 Å². The van der Waals surface area contributed by atoms with Gasteiger partial charge in [-0.25, -0.2) is 0 Å². The van der Waals surface area contributed by atoms with Gasteiger partial charge >= 0.3 is 0 Å². The van der Waals surface area contributed by atoms with Gasteiger partial charge in [0.25, 0.3) is 0 Å². The molecule has 0 radical (unpaired) electrons. The highest BCUT2D eigenvalue weighted by molar-refractivity contribution is 5.53. The molecule has 0 aromatic heterocycles. The van der Waals surface area contributed by atoms with Crippen LogP contribution in [0.1, 0.15) is 63.1 Å². The molecule has 0 saturated heterocycles. The summed E-state index contributed by atoms with van der Waals surface area (Å²) in [5, 5.41) is 33.6. The average molecular weight is 379 g/mol. The van der Waals surface area contributed by atoms with Gasteiger partial charge < -0.3 is 15.3 Å². The van der Waals surface area contributed by atoms with Gasteiger partial charge in [0.15, 0.2) is 0 Å². The number of hydrogen-bond acceptors (Lipinski definition) is 3. The maximum absolute atomic E-state index is 11.8. The summed E-state index contributed by atoms with van der Waals surface area (Å²) in [6.45, 7) is 6.30. The van der Waals surface area contributed by atoms with Gasteiger partial charge in [-0.05, 0) is 78.7 Å². The van der Waals surface area contributed by atoms with Gasteiger partial charge in [0.1, 0.15) is 11.4 Å². The third-order valence-electron chi connectivity index (χ3n) is 8.60. The second-order valence-electron chi connectivity index (χ2n) is 9.96. The first kappa shape index (κ1) is 18.2. The highest BCUT2D eigenvalue weighted by Crippen LogP contribution is 2.73. The fourth-order valence-electron chi connectivity index (χ4n) is 6.90. The highest BCUT2D eigenvalue weighted by Gasteiger charge is 2.70. The Morgan fingerprint density at radius 3 is 2.32 bits per heavy atom. The van der Waals surface area contributed by atoms with E-state index in [4.69, 9.17) is 0 Å². The molecule has 0 bridgehead atoms. The number of aromatic hydroxyl groups is 1. The summed E-state index contributed by atoms with van der Waals surface area (Å²) < 4.78 is 0. The van der Waals surface area contributed by atoms with Crippen molar-refractivity contribution in [3.8, 4) is 5.75 Å². The average Bonchev–Trinajstić information content (AvgIpc) is 3.37. The van der Waals surface area contributed by atoms with Crippen molar-refractivity contribution < 1.29 is 15.3 Å². The lowest BCUT2D eigenvalue weighted by atomic mass is 9.47. The van der Waals surface area contributed by atoms with Crippen LogP contribution in [-0.2, 0) is 16.4 Å². The van der Waals surface area contributed by atoms with Crippen LogP contribution in [0.15, 0.2) is 48.5 Å². The largest absolute Gasteiger partial charge is 0.508 e. The Labute approximate surface area is 167 Å². The molecule has 2 unspecified atom stereocenters. The van der Waals surface area contributed by atoms with Gasteiger partial charge in [-0.3, -0.25) is 0 Å². The Balaban J connectivity index is 1.70. The van der Waals surface area contributed by atoms with Gasteiger partial charge in [-0.1, -0.05) is 50.2 Å². The summed E-state index contributed by atoms with van der Waals surface area (Å²) >= 11 is 0. The third kappa shape index (κ3) is 2.07. The molecule has 2 saturated carbocycles. The minimum atomic E-state index is -1.25. The zero-order valence-electron chi connectivity index (χ0n) is 16.9. The summed E-state index contributed by atoms with van der Waals surface area (Å²) in [5.41, 5.74) is 0.727. The minimum absolute atomic E-state index is 0.0677. The standard InChI is InChI=1S/C25H30O3/c1-4-24-15-23(3,27)25(28,16-8-6-5-7-9-16)14-21(24)20-13-22(20,2)19-12-17(26)10-11-18(19)24/h5-12,20-21,26-28H,4,13-15H2,1-3H3/t20?,21?,22-,23-,24+,25-/m1/s1. The molecule has 0 spiro atoms. The van der Waals surface area contributed by atoms with Gasteiger partial charge in [0.05, 0.1) is 5.60 Å². The second-order valence-corrected chi connectivity index (χ2v) is 9.96. The zero-order chi connectivity index (χ0) is 19.9. The molecular formula is C25H30O3. The van der Waals surface area contributed by atoms with Crippen molar-refractivity contribution in [3.63, 3.8) is 0 Å². The first-order valence-electron chi connectivity index (χ1n) is 10.5. The molecule has 2 fully saturated rings. The van der Waals surface area contributed by atoms with Crippen LogP contribution >= 0.6 is 0 Å². The number of phenols is 1. The van der Waals surface area contributed by atoms with Gasteiger partial charge in [-0.2, -0.15) is 0 Å². The van der Waals surface area contributed by atoms with Crippen LogP contribution in [0.5, 0.6) is 5.75 Å². The number of rotatable bonds is 2. The summed E-state index contributed by atoms with van der Waals surface area (Å²) in [6.07, 6.45) is 3.10. The van der Waals surface area contributed by atoms with Crippen LogP contribution in [0.3, 0.4) is 0 Å². The van der Waals surface area contributed by atoms with E-state index in [1.54, 1.807) is 13.0 Å². The summed E-state index contributed by atoms with van der Waals surface area (Å²) in [7, 11) is 0. The maximum atomic E-state index is 11.8. The van der Waals surface area contributed by atoms with E-state index in [1.807, 2.05) is 36.4 Å². The predicted molar refractivity (Wildman–Crippen MR) is 109 cm³/mol. The van der Waals surface area contributed by atoms with Crippen molar-refractivity contribution in [2.75, 3.05) is 0 Å². The Morgan fingerprint density at radius 1 is 0.929 bits per heavy atom. The first-order valence-corrected chi connectivity index (χ1v) is 10.5. The highest BCUT2D eigenvalue weighted by atomic mass is 16.4. The Hall–Kier alpha value is -1.84. The van der Waals surface area contributed by atoms with E-state index in [1.165, 1.54) is 11.1 Å². The van der Waals surface area contributed by atoms with E-state index in [0.29, 0.717) is 30.4 Å². The fraction of sp³-hybridized carbons (Fsp3) is 0.520. The maximum Gasteiger partial charge on any atom is 0.118 e. The van der Waals surface area contributed by atoms with Crippen LogP contribution in [0.2, 0.25) is 0 Å². The SMILES string of the molecule is CC[C@@]12C[C@@](C)(O)[C@](O)(c3ccccc3)CC1C1C[C@]1(C)c1cc(O)ccc12. The van der Waals surface area contributed by atoms with Crippen molar-refractivity contribution in [1.82, 2.24) is 0 Å². The number of fused-ring (bicyclic) bond motifs is 6. The summed E-state index contributed by atoms with van der Waals surface area (Å²) in [5.74, 6) is 1.11. The van der Waals surface area contributed by atoms with Crippen molar-refractivity contribution in [2.45, 2.75) is 68.5 Å². The van der Waals surface area contributed by atoms with Gasteiger partial charge in [-0.15, -0.1) is 0 Å². The van der Waals surface area contributed by atoms with Gasteiger partial charge in [0, 0.05) is 5.41 Å². The predicted octanol–water partition coefficient (Wildman–Crippen LogP) is 4.38. The van der Waals surface area contributed by atoms with Crippen LogP contribution in [0.4, 0.5) is 0 Å². The Morgan fingerprint density at radius 2 is 1.64 bits per heavy atom. The monoisotopic (exact) mass is 378 g/mol. The Bertz CT molecular complexity index is 936. The molecule has 0 aliphatic heterocycles. The normalized spacial score (nSPS) is 43.6. The molecule has 3 aliphatic carbocycles. The molecule has 5 rings (SSSR count). The van der Waals surface area contributed by atoms with Crippen molar-refractivity contribution >= 4 is 0 Å². The summed E-state index contributed by atoms with van der Waals surface area (Å²) in [6, 6.07) is 15.5. The van der Waals surface area contributed by atoms with Crippen molar-refractivity contribution in [1.29, 1.82) is 0 Å². The summed E-state index contributed by atoms with van der Waals surface area (Å²) in [4.78, 5) is 0. The lowest BCUT2D eigenvalue weighted by Gasteiger charge is -2.59. The van der Waals surface area contributed by atoms with Crippen LogP contribution in [0, 0.1) is 11.8 Å². The molecule has 3 heteroatoms. The smallest absolute Gasteiger partial charge is 0.118 e. The second kappa shape index (κ2) is 5.40. The van der Waals surface area contributed by atoms with Crippen molar-refractivity contribution in [2.24, 2.45) is 11.8 Å². The number of hydrogen-bond donors (Lipinski definition) is 3. The number of phenolic OH excluding ortho intramolecular Hbond substituents is 1. The van der Waals surface area contributed by atoms with Crippen molar-refractivity contribution in [3.05, 3.63) is 65.2 Å². The molecule has 0 amide bonds. The number of aliphatic hydroxyl groups is 2. The lowest BCUT2D eigenvalue weighted by molar-refractivity contribution is -0.207. The first-order chi connectivity index (χ1) is 13.2. The zero-order valence-corrected chi connectivity index (χ0v) is 16.9. The molecule has 6 atom stereocenters. The molecule has 2 aromatic carbocycles. The topological polar surface area (TPSA) is 60.7 Å². The van der Waals surface area contributed by atoms with E-state index < -0.39 is 11.2 Å². The quantitative estimate of drug-likeness (QED) is 0.727. The van der Waals surface area contributed by atoms with Crippen LogP contribution < -0.4 is 0 Å². The third-order valence-corrected chi connectivity index (χ3v) is 8.60. The molecule has 3 N–H and O–H groups in total. The molecule has 28 heavy (non-hydrogen) atoms. The minimum Gasteiger partial charge on any atom is -0.508 e. The molecule has 148 valence electrons. The van der Waals surface area contributed by atoms with E-state index in [2.05, 4.69) is 19.9 Å². The Kier molecular flexibility index (Phi) is 3.51. The van der Waals surface area contributed by atoms with Gasteiger partial charge in [0.2, 0.25) is 0 Å².